The zero-order valence-corrected chi connectivity index (χ0v) is 59.1. The van der Waals surface area contributed by atoms with Crippen LogP contribution in [0.5, 0.6) is 0 Å². The number of nitrogens with zero attached hydrogens (tertiary/aromatic N) is 4. The molecule has 0 aromatic heterocycles. The molecule has 0 unspecified atom stereocenters. The Hall–Kier alpha value is -7.70. The highest BCUT2D eigenvalue weighted by atomic mass is 127. The zero-order chi connectivity index (χ0) is 65.9. The smallest absolute Gasteiger partial charge is 0.0411 e. The third-order valence-electron chi connectivity index (χ3n) is 18.7. The monoisotopic (exact) mass is 1440 g/mol. The minimum absolute atomic E-state index is 0.555. The second-order valence-electron chi connectivity index (χ2n) is 25.7. The molecule has 0 radical (unpaired) electrons. The van der Waals surface area contributed by atoms with Gasteiger partial charge in [0.05, 0.1) is 0 Å². The van der Waals surface area contributed by atoms with E-state index in [1.165, 1.54) is 66.4 Å². The van der Waals surface area contributed by atoms with Crippen LogP contribution in [0.4, 0.5) is 28.4 Å². The van der Waals surface area contributed by atoms with Crippen molar-refractivity contribution in [1.82, 2.24) is 15.1 Å². The number of rotatable bonds is 21. The summed E-state index contributed by atoms with van der Waals surface area (Å²) in [4.78, 5) is 10.1. The summed E-state index contributed by atoms with van der Waals surface area (Å²) in [6, 6.07) is 111. The van der Waals surface area contributed by atoms with Gasteiger partial charge in [-0.25, -0.2) is 0 Å². The summed E-state index contributed by atoms with van der Waals surface area (Å²) in [7, 11) is 0. The second kappa shape index (κ2) is 37.1. The minimum atomic E-state index is 0.555. The number of hydrogen-bond acceptors (Lipinski definition) is 6. The highest BCUT2D eigenvalue weighted by Gasteiger charge is 2.36. The van der Waals surface area contributed by atoms with Crippen LogP contribution in [0.3, 0.4) is 0 Å². The summed E-state index contributed by atoms with van der Waals surface area (Å²) in [5.41, 5.74) is 13.2. The molecule has 2 N–H and O–H groups in total. The number of halogens is 4. The Balaban J connectivity index is 0.000000139. The molecule has 96 heavy (non-hydrogen) atoms. The van der Waals surface area contributed by atoms with Crippen LogP contribution < -0.4 is 20.4 Å². The Bertz CT molecular complexity index is 3900. The SMILES string of the molecule is Clc1ccc(I)cc1.Clc1ccc(N(C[C@H]2CN(Cc3ccccc3)C[C@@H]2Cc2ccccc2)c2ccccc2)cc1.Clc1ccc(N(C[C@H]2CNC[C@@H]2Cc2ccccc2)c2ccccc2)cc1.c1ccc(C[C@H]2CN(Cc3ccccc3)C[C@@H]2CNc2ccccc2)cc1. The predicted molar refractivity (Wildman–Crippen MR) is 417 cm³/mol. The molecule has 11 aromatic carbocycles. The molecular weight excluding hydrogens is 1350 g/mol. The molecule has 3 heterocycles. The Morgan fingerprint density at radius 1 is 0.323 bits per heavy atom. The summed E-state index contributed by atoms with van der Waals surface area (Å²) in [5.74, 6) is 3.75. The molecule has 490 valence electrons. The van der Waals surface area contributed by atoms with Crippen LogP contribution in [0.2, 0.25) is 15.1 Å². The van der Waals surface area contributed by atoms with E-state index >= 15 is 0 Å². The second-order valence-corrected chi connectivity index (χ2v) is 28.2. The van der Waals surface area contributed by atoms with E-state index in [2.05, 4.69) is 320 Å². The Labute approximate surface area is 600 Å². The van der Waals surface area contributed by atoms with Crippen molar-refractivity contribution >= 4 is 85.8 Å². The lowest BCUT2D eigenvalue weighted by Crippen LogP contribution is -2.30. The molecule has 11 aromatic rings. The van der Waals surface area contributed by atoms with Gasteiger partial charge in [0.15, 0.2) is 0 Å². The first-order valence-corrected chi connectivity index (χ1v) is 36.1. The van der Waals surface area contributed by atoms with Crippen molar-refractivity contribution in [2.24, 2.45) is 35.5 Å². The van der Waals surface area contributed by atoms with Crippen molar-refractivity contribution in [1.29, 1.82) is 0 Å². The molecule has 0 spiro atoms. The first-order chi connectivity index (χ1) is 47.2. The number of likely N-dealkylation sites (tertiary alicyclic amines) is 2. The number of benzene rings is 11. The van der Waals surface area contributed by atoms with Crippen LogP contribution in [-0.2, 0) is 32.4 Å². The van der Waals surface area contributed by atoms with Crippen molar-refractivity contribution in [3.63, 3.8) is 0 Å². The zero-order valence-electron chi connectivity index (χ0n) is 54.7. The predicted octanol–water partition coefficient (Wildman–Crippen LogP) is 21.1. The molecule has 10 heteroatoms. The van der Waals surface area contributed by atoms with Gasteiger partial charge in [0.25, 0.3) is 0 Å². The number of anilines is 5. The highest BCUT2D eigenvalue weighted by molar-refractivity contribution is 14.1. The van der Waals surface area contributed by atoms with Crippen LogP contribution in [0.25, 0.3) is 0 Å². The van der Waals surface area contributed by atoms with Gasteiger partial charge in [-0.15, -0.1) is 0 Å². The summed E-state index contributed by atoms with van der Waals surface area (Å²) in [6.45, 7) is 11.8. The lowest BCUT2D eigenvalue weighted by molar-refractivity contribution is 0.313. The van der Waals surface area contributed by atoms with Gasteiger partial charge in [-0.05, 0) is 227 Å². The average Bonchev–Trinajstić information content (AvgIpc) is 1.61. The van der Waals surface area contributed by atoms with E-state index in [1.807, 2.05) is 48.5 Å². The maximum Gasteiger partial charge on any atom is 0.0411 e. The third kappa shape index (κ3) is 21.9. The van der Waals surface area contributed by atoms with E-state index in [9.17, 15) is 0 Å². The van der Waals surface area contributed by atoms with Crippen molar-refractivity contribution < 1.29 is 0 Å². The first kappa shape index (κ1) is 69.6. The van der Waals surface area contributed by atoms with Gasteiger partial charge in [0, 0.05) is 106 Å². The first-order valence-electron chi connectivity index (χ1n) is 33.9. The van der Waals surface area contributed by atoms with Crippen molar-refractivity contribution in [2.75, 3.05) is 74.0 Å². The largest absolute Gasteiger partial charge is 0.385 e. The van der Waals surface area contributed by atoms with Gasteiger partial charge >= 0.3 is 0 Å². The molecule has 3 fully saturated rings. The van der Waals surface area contributed by atoms with E-state index < -0.39 is 0 Å². The molecule has 14 rings (SSSR count). The topological polar surface area (TPSA) is 37.0 Å². The highest BCUT2D eigenvalue weighted by Crippen LogP contribution is 2.36. The quantitative estimate of drug-likeness (QED) is 0.0699. The van der Waals surface area contributed by atoms with Crippen LogP contribution in [0.15, 0.2) is 315 Å². The summed E-state index contributed by atoms with van der Waals surface area (Å²) < 4.78 is 1.21. The fourth-order valence-electron chi connectivity index (χ4n) is 13.8. The maximum absolute atomic E-state index is 6.22. The van der Waals surface area contributed by atoms with Crippen LogP contribution in [0, 0.1) is 39.1 Å². The van der Waals surface area contributed by atoms with E-state index in [0.29, 0.717) is 35.5 Å². The van der Waals surface area contributed by atoms with E-state index in [-0.39, 0.29) is 0 Å². The van der Waals surface area contributed by atoms with Gasteiger partial charge < -0.3 is 20.4 Å². The number of nitrogens with one attached hydrogen (secondary N) is 2. The van der Waals surface area contributed by atoms with Crippen molar-refractivity contribution in [3.05, 3.63) is 362 Å². The molecule has 0 amide bonds. The number of hydrogen-bond donors (Lipinski definition) is 2. The molecular formula is C86H88Cl3IN6. The molecule has 0 bridgehead atoms. The maximum atomic E-state index is 6.22. The van der Waals surface area contributed by atoms with E-state index in [4.69, 9.17) is 34.8 Å². The molecule has 6 atom stereocenters. The van der Waals surface area contributed by atoms with E-state index in [1.54, 1.807) is 0 Å². The lowest BCUT2D eigenvalue weighted by atomic mass is 9.89. The molecule has 3 aliphatic heterocycles. The van der Waals surface area contributed by atoms with Crippen LogP contribution >= 0.6 is 57.4 Å². The summed E-state index contributed by atoms with van der Waals surface area (Å²) in [5, 5.41) is 9.62. The molecule has 0 saturated carbocycles. The van der Waals surface area contributed by atoms with Gasteiger partial charge in [0.2, 0.25) is 0 Å². The van der Waals surface area contributed by atoms with Crippen LogP contribution in [-0.4, -0.2) is 68.7 Å². The lowest BCUT2D eigenvalue weighted by Gasteiger charge is -2.30. The minimum Gasteiger partial charge on any atom is -0.385 e. The van der Waals surface area contributed by atoms with Crippen LogP contribution in [0.1, 0.15) is 27.8 Å². The fraction of sp³-hybridized carbons (Fsp3) is 0.233. The van der Waals surface area contributed by atoms with E-state index in [0.717, 1.165) is 99.8 Å². The van der Waals surface area contributed by atoms with Gasteiger partial charge in [-0.3, -0.25) is 9.80 Å². The van der Waals surface area contributed by atoms with Crippen molar-refractivity contribution in [2.45, 2.75) is 32.4 Å². The molecule has 6 nitrogen and oxygen atoms in total. The Kier molecular flexibility index (Phi) is 26.9. The molecule has 0 aliphatic carbocycles. The Morgan fingerprint density at radius 2 is 0.625 bits per heavy atom. The third-order valence-corrected chi connectivity index (χ3v) is 20.2. The van der Waals surface area contributed by atoms with Gasteiger partial charge in [0.1, 0.15) is 0 Å². The summed E-state index contributed by atoms with van der Waals surface area (Å²) >= 11 is 20.2. The molecule has 3 saturated heterocycles. The fourth-order valence-corrected chi connectivity index (χ4v) is 14.5. The normalized spacial score (nSPS) is 18.2. The van der Waals surface area contributed by atoms with Crippen molar-refractivity contribution in [3.8, 4) is 0 Å². The molecule has 3 aliphatic rings. The Morgan fingerprint density at radius 3 is 1.03 bits per heavy atom. The standard InChI is InChI=1S/C31H31ClN2.C25H28N2.C24H25ClN2.C6H4ClI/c32-29-16-18-31(19-17-29)34(30-14-8-3-9-15-30)24-28-23-33(21-26-12-6-2-7-13-26)22-27(28)20-25-10-4-1-5-11-25;1-4-10-21(11-5-1)16-23-19-27(18-22-12-6-2-7-13-22)20-24(23)17-26-25-14-8-3-9-15-25;25-22-11-13-24(14-12-22)27(23-9-5-2-6-10-23)18-21-17-26-16-20(21)15-19-7-3-1-4-8-19;7-5-1-3-6(8)4-2-5/h1-19,27-28H,20-24H2;1-15,23-24,26H,16-20H2;1-14,20-21,26H,15-18H2;1-4H/t27-,28+;23-,24-;20-,21+;/m000./s1. The van der Waals surface area contributed by atoms with Gasteiger partial charge in [-0.2, -0.15) is 0 Å². The average molecular weight is 1440 g/mol. The van der Waals surface area contributed by atoms with Gasteiger partial charge in [-0.1, -0.05) is 241 Å². The number of para-hydroxylation sites is 3. The summed E-state index contributed by atoms with van der Waals surface area (Å²) in [6.07, 6.45) is 3.40.